The summed E-state index contributed by atoms with van der Waals surface area (Å²) in [5.41, 5.74) is 1.85. The van der Waals surface area contributed by atoms with Gasteiger partial charge in [-0.1, -0.05) is 36.7 Å². The molecule has 100 valence electrons. The first-order chi connectivity index (χ1) is 9.76. The predicted molar refractivity (Wildman–Crippen MR) is 83.7 cm³/mol. The van der Waals surface area contributed by atoms with Crippen LogP contribution in [0.15, 0.2) is 48.5 Å². The van der Waals surface area contributed by atoms with Gasteiger partial charge < -0.3 is 5.32 Å². The van der Waals surface area contributed by atoms with Crippen molar-refractivity contribution in [2.75, 3.05) is 5.32 Å². The molecule has 20 heavy (non-hydrogen) atoms. The first-order valence-electron chi connectivity index (χ1n) is 6.54. The number of aryl methyl sites for hydroxylation is 1. The molecule has 0 spiro atoms. The van der Waals surface area contributed by atoms with E-state index in [4.69, 9.17) is 11.6 Å². The van der Waals surface area contributed by atoms with Crippen LogP contribution < -0.4 is 5.32 Å². The highest BCUT2D eigenvalue weighted by Gasteiger charge is 2.03. The maximum absolute atomic E-state index is 6.17. The highest BCUT2D eigenvalue weighted by atomic mass is 35.5. The summed E-state index contributed by atoms with van der Waals surface area (Å²) < 4.78 is 0. The highest BCUT2D eigenvalue weighted by Crippen LogP contribution is 2.24. The number of para-hydroxylation sites is 1. The van der Waals surface area contributed by atoms with E-state index in [1.165, 1.54) is 0 Å². The monoisotopic (exact) mass is 283 g/mol. The van der Waals surface area contributed by atoms with Gasteiger partial charge in [-0.05, 0) is 36.8 Å². The molecule has 4 heteroatoms. The number of aromatic nitrogens is 2. The van der Waals surface area contributed by atoms with Crippen LogP contribution in [-0.2, 0) is 6.42 Å². The first kappa shape index (κ1) is 12.9. The van der Waals surface area contributed by atoms with Gasteiger partial charge in [-0.2, -0.15) is 0 Å². The number of pyridine rings is 2. The smallest absolute Gasteiger partial charge is 0.132 e. The van der Waals surface area contributed by atoms with Gasteiger partial charge in [0.15, 0.2) is 0 Å². The fourth-order valence-electron chi connectivity index (χ4n) is 2.06. The average Bonchev–Trinajstić information content (AvgIpc) is 2.48. The molecule has 0 aliphatic rings. The minimum Gasteiger partial charge on any atom is -0.325 e. The highest BCUT2D eigenvalue weighted by molar-refractivity contribution is 6.35. The molecule has 0 aliphatic carbocycles. The van der Waals surface area contributed by atoms with Crippen LogP contribution in [0.5, 0.6) is 0 Å². The summed E-state index contributed by atoms with van der Waals surface area (Å²) in [5.74, 6) is 1.54. The minimum absolute atomic E-state index is 0.654. The number of rotatable bonds is 3. The quantitative estimate of drug-likeness (QED) is 0.764. The van der Waals surface area contributed by atoms with Crippen molar-refractivity contribution in [3.05, 3.63) is 59.2 Å². The van der Waals surface area contributed by atoms with Crippen molar-refractivity contribution >= 4 is 34.1 Å². The lowest BCUT2D eigenvalue weighted by molar-refractivity contribution is 1.04. The van der Waals surface area contributed by atoms with Crippen molar-refractivity contribution in [3.8, 4) is 0 Å². The van der Waals surface area contributed by atoms with Crippen LogP contribution in [0.2, 0.25) is 5.02 Å². The lowest BCUT2D eigenvalue weighted by Crippen LogP contribution is -1.98. The Kier molecular flexibility index (Phi) is 3.52. The molecule has 3 aromatic rings. The van der Waals surface area contributed by atoms with E-state index in [9.17, 15) is 0 Å². The first-order valence-corrected chi connectivity index (χ1v) is 6.92. The molecule has 3 rings (SSSR count). The number of nitrogens with zero attached hydrogens (tertiary/aromatic N) is 2. The Labute approximate surface area is 122 Å². The molecular weight excluding hydrogens is 270 g/mol. The van der Waals surface area contributed by atoms with E-state index in [2.05, 4.69) is 22.2 Å². The van der Waals surface area contributed by atoms with E-state index in [0.717, 1.165) is 34.7 Å². The Morgan fingerprint density at radius 2 is 1.75 bits per heavy atom. The second kappa shape index (κ2) is 5.47. The molecule has 0 saturated heterocycles. The zero-order chi connectivity index (χ0) is 13.9. The molecule has 0 amide bonds. The van der Waals surface area contributed by atoms with Gasteiger partial charge in [-0.25, -0.2) is 9.97 Å². The van der Waals surface area contributed by atoms with Crippen LogP contribution in [0, 0.1) is 0 Å². The summed E-state index contributed by atoms with van der Waals surface area (Å²) >= 11 is 6.17. The molecule has 0 saturated carbocycles. The van der Waals surface area contributed by atoms with Gasteiger partial charge >= 0.3 is 0 Å². The molecule has 0 bridgehead atoms. The summed E-state index contributed by atoms with van der Waals surface area (Å²) in [5, 5.41) is 4.90. The van der Waals surface area contributed by atoms with Crippen LogP contribution in [0.1, 0.15) is 12.6 Å². The minimum atomic E-state index is 0.654. The molecule has 3 nitrogen and oxygen atoms in total. The predicted octanol–water partition coefficient (Wildman–Crippen LogP) is 4.59. The van der Waals surface area contributed by atoms with E-state index in [1.807, 2.05) is 48.5 Å². The average molecular weight is 284 g/mol. The van der Waals surface area contributed by atoms with E-state index in [1.54, 1.807) is 0 Å². The van der Waals surface area contributed by atoms with Crippen molar-refractivity contribution in [3.63, 3.8) is 0 Å². The normalized spacial score (nSPS) is 10.7. The van der Waals surface area contributed by atoms with Crippen molar-refractivity contribution < 1.29 is 0 Å². The third-order valence-corrected chi connectivity index (χ3v) is 3.40. The fraction of sp³-hybridized carbons (Fsp3) is 0.125. The maximum Gasteiger partial charge on any atom is 0.132 e. The molecule has 2 aromatic heterocycles. The number of fused-ring (bicyclic) bond motifs is 1. The molecule has 1 aromatic carbocycles. The van der Waals surface area contributed by atoms with Crippen molar-refractivity contribution in [2.45, 2.75) is 13.3 Å². The van der Waals surface area contributed by atoms with Gasteiger partial charge in [0.05, 0.1) is 10.5 Å². The molecule has 0 atom stereocenters. The largest absolute Gasteiger partial charge is 0.325 e. The zero-order valence-electron chi connectivity index (χ0n) is 11.1. The van der Waals surface area contributed by atoms with E-state index in [-0.39, 0.29) is 0 Å². The third-order valence-electron chi connectivity index (χ3n) is 3.10. The fourth-order valence-corrected chi connectivity index (χ4v) is 2.28. The molecule has 0 fully saturated rings. The number of hydrogen-bond acceptors (Lipinski definition) is 3. The third kappa shape index (κ3) is 2.58. The number of benzene rings is 1. The second-order valence-corrected chi connectivity index (χ2v) is 4.91. The Bertz CT molecular complexity index is 756. The molecule has 1 N–H and O–H groups in total. The van der Waals surface area contributed by atoms with Crippen LogP contribution in [0.25, 0.3) is 10.9 Å². The molecule has 0 aliphatic heterocycles. The standard InChI is InChI=1S/C16H14ClN3/c1-2-12-6-4-8-14(18-12)19-15-10-9-11-5-3-7-13(17)16(11)20-15/h3-10H,2H2,1H3,(H,18,19,20). The molecule has 0 radical (unpaired) electrons. The van der Waals surface area contributed by atoms with Gasteiger partial charge in [-0.3, -0.25) is 0 Å². The number of hydrogen-bond donors (Lipinski definition) is 1. The molecule has 0 unspecified atom stereocenters. The molecule has 2 heterocycles. The van der Waals surface area contributed by atoms with Gasteiger partial charge in [0.2, 0.25) is 0 Å². The number of anilines is 2. The summed E-state index contributed by atoms with van der Waals surface area (Å²) in [6.45, 7) is 2.08. The van der Waals surface area contributed by atoms with Crippen LogP contribution >= 0.6 is 11.6 Å². The number of halogens is 1. The van der Waals surface area contributed by atoms with Crippen molar-refractivity contribution in [2.24, 2.45) is 0 Å². The second-order valence-electron chi connectivity index (χ2n) is 4.50. The van der Waals surface area contributed by atoms with Gasteiger partial charge in [0.25, 0.3) is 0 Å². The van der Waals surface area contributed by atoms with Gasteiger partial charge in [0, 0.05) is 11.1 Å². The Hall–Kier alpha value is -2.13. The summed E-state index contributed by atoms with van der Waals surface area (Å²) in [6, 6.07) is 15.6. The van der Waals surface area contributed by atoms with E-state index >= 15 is 0 Å². The Balaban J connectivity index is 1.96. The summed E-state index contributed by atoms with van der Waals surface area (Å²) in [6.07, 6.45) is 0.909. The maximum atomic E-state index is 6.17. The lowest BCUT2D eigenvalue weighted by Gasteiger charge is -2.07. The number of nitrogens with one attached hydrogen (secondary N) is 1. The van der Waals surface area contributed by atoms with Gasteiger partial charge in [-0.15, -0.1) is 0 Å². The zero-order valence-corrected chi connectivity index (χ0v) is 11.9. The summed E-state index contributed by atoms with van der Waals surface area (Å²) in [4.78, 5) is 9.05. The van der Waals surface area contributed by atoms with Crippen molar-refractivity contribution in [1.82, 2.24) is 9.97 Å². The Morgan fingerprint density at radius 3 is 2.60 bits per heavy atom. The van der Waals surface area contributed by atoms with Gasteiger partial charge in [0.1, 0.15) is 11.6 Å². The lowest BCUT2D eigenvalue weighted by atomic mass is 10.2. The topological polar surface area (TPSA) is 37.8 Å². The van der Waals surface area contributed by atoms with E-state index in [0.29, 0.717) is 5.02 Å². The SMILES string of the molecule is CCc1cccc(Nc2ccc3cccc(Cl)c3n2)n1. The van der Waals surface area contributed by atoms with E-state index < -0.39 is 0 Å². The van der Waals surface area contributed by atoms with Crippen molar-refractivity contribution in [1.29, 1.82) is 0 Å². The molecular formula is C16H14ClN3. The summed E-state index contributed by atoms with van der Waals surface area (Å²) in [7, 11) is 0. The van der Waals surface area contributed by atoms with Crippen LogP contribution in [0.3, 0.4) is 0 Å². The Morgan fingerprint density at radius 1 is 0.950 bits per heavy atom. The van der Waals surface area contributed by atoms with Crippen LogP contribution in [0.4, 0.5) is 11.6 Å². The van der Waals surface area contributed by atoms with Crippen LogP contribution in [-0.4, -0.2) is 9.97 Å².